The highest BCUT2D eigenvalue weighted by Crippen LogP contribution is 2.26. The van der Waals surface area contributed by atoms with E-state index in [2.05, 4.69) is 9.88 Å². The van der Waals surface area contributed by atoms with Crippen LogP contribution in [0.4, 0.5) is 4.39 Å². The summed E-state index contributed by atoms with van der Waals surface area (Å²) >= 11 is 0. The van der Waals surface area contributed by atoms with E-state index < -0.39 is 5.91 Å². The maximum absolute atomic E-state index is 15.3. The van der Waals surface area contributed by atoms with Gasteiger partial charge in [0.15, 0.2) is 0 Å². The van der Waals surface area contributed by atoms with Crippen LogP contribution in [0.25, 0.3) is 10.8 Å². The summed E-state index contributed by atoms with van der Waals surface area (Å²) in [4.78, 5) is 31.7. The molecule has 31 heavy (non-hydrogen) atoms. The number of carbonyl (C=O) groups is 2. The number of nitrogens with zero attached hydrogens (tertiary/aromatic N) is 3. The Morgan fingerprint density at radius 3 is 2.71 bits per heavy atom. The lowest BCUT2D eigenvalue weighted by Crippen LogP contribution is -2.34. The van der Waals surface area contributed by atoms with Gasteiger partial charge in [-0.05, 0) is 29.1 Å². The van der Waals surface area contributed by atoms with Gasteiger partial charge in [0, 0.05) is 74.5 Å². The maximum Gasteiger partial charge on any atom is 0.248 e. The Morgan fingerprint density at radius 1 is 1.16 bits per heavy atom. The molecule has 160 valence electrons. The quantitative estimate of drug-likeness (QED) is 0.704. The number of pyridine rings is 1. The van der Waals surface area contributed by atoms with Crippen LogP contribution in [-0.2, 0) is 11.3 Å². The molecule has 0 unspecified atom stereocenters. The van der Waals surface area contributed by atoms with Crippen LogP contribution in [0.5, 0.6) is 0 Å². The number of halogens is 1. The topological polar surface area (TPSA) is 79.5 Å². The Morgan fingerprint density at radius 2 is 2.00 bits per heavy atom. The molecule has 1 atom stereocenters. The number of nitrogens with two attached hydrogens (primary N) is 1. The average molecular weight is 420 g/mol. The molecule has 1 aromatic heterocycles. The number of fused-ring (bicyclic) bond motifs is 1. The van der Waals surface area contributed by atoms with E-state index in [1.165, 1.54) is 0 Å². The first-order valence-corrected chi connectivity index (χ1v) is 10.3. The van der Waals surface area contributed by atoms with Crippen molar-refractivity contribution in [1.82, 2.24) is 14.8 Å². The second-order valence-electron chi connectivity index (χ2n) is 8.02. The fourth-order valence-corrected chi connectivity index (χ4v) is 4.19. The molecule has 2 N–H and O–H groups in total. The molecule has 0 radical (unpaired) electrons. The van der Waals surface area contributed by atoms with Crippen LogP contribution in [0.1, 0.15) is 34.3 Å². The zero-order valence-corrected chi connectivity index (χ0v) is 17.4. The number of rotatable bonds is 4. The summed E-state index contributed by atoms with van der Waals surface area (Å²) < 4.78 is 15.3. The van der Waals surface area contributed by atoms with Gasteiger partial charge < -0.3 is 10.6 Å². The minimum atomic E-state index is -0.535. The second kappa shape index (κ2) is 8.81. The van der Waals surface area contributed by atoms with Gasteiger partial charge in [0.05, 0.1) is 0 Å². The summed E-state index contributed by atoms with van der Waals surface area (Å²) in [6.07, 6.45) is 3.56. The predicted octanol–water partition coefficient (Wildman–Crippen LogP) is 2.92. The van der Waals surface area contributed by atoms with Gasteiger partial charge in [0.25, 0.3) is 0 Å². The largest absolute Gasteiger partial charge is 0.366 e. The molecule has 6 nitrogen and oxygen atoms in total. The van der Waals surface area contributed by atoms with Gasteiger partial charge in [-0.25, -0.2) is 4.39 Å². The summed E-state index contributed by atoms with van der Waals surface area (Å²) in [7, 11) is 0. The number of hydrogen-bond donors (Lipinski definition) is 1. The van der Waals surface area contributed by atoms with E-state index in [1.54, 1.807) is 37.4 Å². The Bertz CT molecular complexity index is 1120. The van der Waals surface area contributed by atoms with Crippen molar-refractivity contribution >= 4 is 22.6 Å². The van der Waals surface area contributed by atoms with Crippen molar-refractivity contribution in [3.8, 4) is 0 Å². The zero-order chi connectivity index (χ0) is 22.0. The number of aromatic nitrogens is 1. The van der Waals surface area contributed by atoms with Crippen molar-refractivity contribution in [2.24, 2.45) is 5.73 Å². The molecule has 1 aliphatic heterocycles. The minimum Gasteiger partial charge on any atom is -0.366 e. The third-order valence-corrected chi connectivity index (χ3v) is 5.92. The van der Waals surface area contributed by atoms with Gasteiger partial charge in [-0.3, -0.25) is 19.5 Å². The van der Waals surface area contributed by atoms with E-state index in [0.29, 0.717) is 54.6 Å². The molecule has 2 amide bonds. The van der Waals surface area contributed by atoms with Crippen molar-refractivity contribution < 1.29 is 14.0 Å². The predicted molar refractivity (Wildman–Crippen MR) is 117 cm³/mol. The third kappa shape index (κ3) is 4.56. The van der Waals surface area contributed by atoms with Crippen LogP contribution in [0.2, 0.25) is 0 Å². The first-order valence-electron chi connectivity index (χ1n) is 10.3. The Balaban J connectivity index is 1.60. The van der Waals surface area contributed by atoms with Crippen molar-refractivity contribution in [2.75, 3.05) is 26.2 Å². The van der Waals surface area contributed by atoms with E-state index in [1.807, 2.05) is 29.3 Å². The van der Waals surface area contributed by atoms with Crippen LogP contribution in [0.3, 0.4) is 0 Å². The number of carbonyl (C=O) groups excluding carboxylic acids is 2. The first kappa shape index (κ1) is 20.9. The molecule has 0 bridgehead atoms. The lowest BCUT2D eigenvalue weighted by atomic mass is 9.99. The molecule has 0 saturated carbocycles. The molecule has 3 aromatic rings. The third-order valence-electron chi connectivity index (χ3n) is 5.92. The van der Waals surface area contributed by atoms with Crippen molar-refractivity contribution in [1.29, 1.82) is 0 Å². The SMILES string of the molecule is CC(=O)N1CCN(Cc2ccc3cc(C(N)=O)ccc3c2F)C[C@@H](c2cccnc2)C1. The fraction of sp³-hybridized carbons (Fsp3) is 0.292. The normalized spacial score (nSPS) is 17.5. The molecular weight excluding hydrogens is 395 g/mol. The van der Waals surface area contributed by atoms with Gasteiger partial charge in [-0.2, -0.15) is 0 Å². The molecular formula is C24H25FN4O2. The molecule has 7 heteroatoms. The van der Waals surface area contributed by atoms with Crippen LogP contribution >= 0.6 is 0 Å². The second-order valence-corrected chi connectivity index (χ2v) is 8.02. The lowest BCUT2D eigenvalue weighted by molar-refractivity contribution is -0.128. The summed E-state index contributed by atoms with van der Waals surface area (Å²) in [6.45, 7) is 4.60. The summed E-state index contributed by atoms with van der Waals surface area (Å²) in [5.41, 5.74) is 7.34. The summed E-state index contributed by atoms with van der Waals surface area (Å²) in [6, 6.07) is 12.3. The van der Waals surface area contributed by atoms with Crippen molar-refractivity contribution in [2.45, 2.75) is 19.4 Å². The number of amides is 2. The zero-order valence-electron chi connectivity index (χ0n) is 17.4. The molecule has 4 rings (SSSR count). The highest BCUT2D eigenvalue weighted by Gasteiger charge is 2.26. The van der Waals surface area contributed by atoms with E-state index >= 15 is 4.39 Å². The van der Waals surface area contributed by atoms with Crippen molar-refractivity contribution in [3.05, 3.63) is 77.4 Å². The van der Waals surface area contributed by atoms with Gasteiger partial charge >= 0.3 is 0 Å². The first-order chi connectivity index (χ1) is 14.9. The highest BCUT2D eigenvalue weighted by molar-refractivity contribution is 5.97. The minimum absolute atomic E-state index is 0.0397. The smallest absolute Gasteiger partial charge is 0.248 e. The molecule has 1 aliphatic rings. The van der Waals surface area contributed by atoms with Gasteiger partial charge in [-0.1, -0.05) is 24.3 Å². The van der Waals surface area contributed by atoms with E-state index in [-0.39, 0.29) is 17.6 Å². The van der Waals surface area contributed by atoms with Gasteiger partial charge in [0.2, 0.25) is 11.8 Å². The molecule has 0 spiro atoms. The Labute approximate surface area is 180 Å². The van der Waals surface area contributed by atoms with E-state index in [4.69, 9.17) is 5.73 Å². The summed E-state index contributed by atoms with van der Waals surface area (Å²) in [5, 5.41) is 1.11. The molecule has 2 heterocycles. The van der Waals surface area contributed by atoms with Crippen molar-refractivity contribution in [3.63, 3.8) is 0 Å². The molecule has 2 aromatic carbocycles. The number of benzene rings is 2. The molecule has 1 fully saturated rings. The molecule has 0 aliphatic carbocycles. The average Bonchev–Trinajstić information content (AvgIpc) is 2.99. The summed E-state index contributed by atoms with van der Waals surface area (Å²) in [5.74, 6) is -0.689. The van der Waals surface area contributed by atoms with E-state index in [9.17, 15) is 9.59 Å². The van der Waals surface area contributed by atoms with Crippen LogP contribution in [0, 0.1) is 5.82 Å². The van der Waals surface area contributed by atoms with Gasteiger partial charge in [0.1, 0.15) is 5.82 Å². The highest BCUT2D eigenvalue weighted by atomic mass is 19.1. The standard InChI is InChI=1S/C24H25FN4O2/c1-16(30)29-10-9-28(14-21(15-29)19-3-2-8-27-12-19)13-20-5-4-17-11-18(24(26)31)6-7-22(17)23(20)25/h2-8,11-12,21H,9-10,13-15H2,1H3,(H2,26,31)/t21-/m1/s1. The van der Waals surface area contributed by atoms with E-state index in [0.717, 1.165) is 5.56 Å². The molecule has 1 saturated heterocycles. The number of hydrogen-bond acceptors (Lipinski definition) is 4. The fourth-order valence-electron chi connectivity index (χ4n) is 4.19. The van der Waals surface area contributed by atoms with Crippen LogP contribution in [-0.4, -0.2) is 52.8 Å². The number of primary amides is 1. The Hall–Kier alpha value is -3.32. The monoisotopic (exact) mass is 420 g/mol. The van der Waals surface area contributed by atoms with Crippen LogP contribution in [0.15, 0.2) is 54.9 Å². The Kier molecular flexibility index (Phi) is 5.95. The van der Waals surface area contributed by atoms with Gasteiger partial charge in [-0.15, -0.1) is 0 Å². The maximum atomic E-state index is 15.3. The van der Waals surface area contributed by atoms with Crippen LogP contribution < -0.4 is 5.73 Å². The lowest BCUT2D eigenvalue weighted by Gasteiger charge is -2.24.